The Morgan fingerprint density at radius 1 is 1.20 bits per heavy atom. The molecule has 0 bridgehead atoms. The third-order valence-electron chi connectivity index (χ3n) is 3.94. The Hall–Kier alpha value is -1.54. The van der Waals surface area contributed by atoms with Crippen molar-refractivity contribution in [2.24, 2.45) is 5.41 Å². The van der Waals surface area contributed by atoms with E-state index in [1.165, 1.54) is 0 Å². The molecule has 3 heteroatoms. The van der Waals surface area contributed by atoms with Crippen LogP contribution >= 0.6 is 11.6 Å². The van der Waals surface area contributed by atoms with Crippen molar-refractivity contribution >= 4 is 17.4 Å². The number of hydrogen-bond acceptors (Lipinski definition) is 1. The number of Topliss-reactive ketones (excluding diaryl/α,β-unsaturated/α-hetero) is 1. The third kappa shape index (κ3) is 2.18. The minimum atomic E-state index is 0.0104. The topological polar surface area (TPSA) is 22.0 Å². The molecule has 0 fully saturated rings. The van der Waals surface area contributed by atoms with E-state index >= 15 is 0 Å². The molecule has 0 amide bonds. The van der Waals surface area contributed by atoms with Crippen molar-refractivity contribution in [1.82, 2.24) is 4.57 Å². The smallest absolute Gasteiger partial charge is 0.165 e. The second kappa shape index (κ2) is 4.49. The molecule has 2 nitrogen and oxygen atoms in total. The number of aryl methyl sites for hydroxylation is 1. The van der Waals surface area contributed by atoms with Gasteiger partial charge in [0, 0.05) is 23.9 Å². The first-order valence-electron chi connectivity index (χ1n) is 6.87. The number of ketones is 1. The van der Waals surface area contributed by atoms with E-state index in [0.29, 0.717) is 11.4 Å². The molecule has 1 heterocycles. The summed E-state index contributed by atoms with van der Waals surface area (Å²) in [5.74, 6) is 0.235. The maximum atomic E-state index is 12.3. The van der Waals surface area contributed by atoms with Gasteiger partial charge in [-0.05, 0) is 42.5 Å². The van der Waals surface area contributed by atoms with Gasteiger partial charge >= 0.3 is 0 Å². The predicted octanol–water partition coefficient (Wildman–Crippen LogP) is 4.59. The molecule has 0 radical (unpaired) electrons. The van der Waals surface area contributed by atoms with Gasteiger partial charge in [-0.1, -0.05) is 31.5 Å². The van der Waals surface area contributed by atoms with E-state index in [1.807, 2.05) is 31.3 Å². The summed E-state index contributed by atoms with van der Waals surface area (Å²) < 4.78 is 2.07. The zero-order valence-electron chi connectivity index (χ0n) is 12.0. The largest absolute Gasteiger partial charge is 0.319 e. The Balaban J connectivity index is 2.18. The summed E-state index contributed by atoms with van der Waals surface area (Å²) in [4.78, 5) is 12.3. The van der Waals surface area contributed by atoms with E-state index in [4.69, 9.17) is 11.6 Å². The molecule has 0 saturated carbocycles. The van der Waals surface area contributed by atoms with Crippen molar-refractivity contribution < 1.29 is 4.79 Å². The molecule has 1 aromatic carbocycles. The SMILES string of the molecule is Cc1ccc(Cl)c(-n2ccc3c2CC(C)(C)CC3=O)c1. The van der Waals surface area contributed by atoms with E-state index in [0.717, 1.165) is 28.9 Å². The minimum Gasteiger partial charge on any atom is -0.319 e. The van der Waals surface area contributed by atoms with Gasteiger partial charge < -0.3 is 4.57 Å². The molecule has 1 aliphatic carbocycles. The zero-order valence-corrected chi connectivity index (χ0v) is 12.8. The number of carbonyl (C=O) groups excluding carboxylic acids is 1. The lowest BCUT2D eigenvalue weighted by Crippen LogP contribution is -2.27. The monoisotopic (exact) mass is 287 g/mol. The number of carbonyl (C=O) groups is 1. The molecule has 104 valence electrons. The van der Waals surface area contributed by atoms with Crippen LogP contribution in [0.15, 0.2) is 30.5 Å². The molecule has 0 spiro atoms. The first-order valence-corrected chi connectivity index (χ1v) is 7.25. The van der Waals surface area contributed by atoms with Gasteiger partial charge in [-0.15, -0.1) is 0 Å². The van der Waals surface area contributed by atoms with E-state index in [-0.39, 0.29) is 11.2 Å². The predicted molar refractivity (Wildman–Crippen MR) is 81.9 cm³/mol. The van der Waals surface area contributed by atoms with Gasteiger partial charge in [-0.25, -0.2) is 0 Å². The normalized spacial score (nSPS) is 17.1. The van der Waals surface area contributed by atoms with Gasteiger partial charge in [0.15, 0.2) is 5.78 Å². The Kier molecular flexibility index (Phi) is 3.02. The number of benzene rings is 1. The van der Waals surface area contributed by atoms with Crippen molar-refractivity contribution in [2.75, 3.05) is 0 Å². The maximum Gasteiger partial charge on any atom is 0.165 e. The molecule has 1 aromatic heterocycles. The van der Waals surface area contributed by atoms with Crippen molar-refractivity contribution in [3.05, 3.63) is 52.3 Å². The zero-order chi connectivity index (χ0) is 14.5. The lowest BCUT2D eigenvalue weighted by atomic mass is 9.76. The number of aromatic nitrogens is 1. The van der Waals surface area contributed by atoms with Crippen LogP contribution in [-0.2, 0) is 6.42 Å². The summed E-state index contributed by atoms with van der Waals surface area (Å²) in [6, 6.07) is 7.89. The van der Waals surface area contributed by atoms with Crippen molar-refractivity contribution in [3.8, 4) is 5.69 Å². The fraction of sp³-hybridized carbons (Fsp3) is 0.353. The number of hydrogen-bond donors (Lipinski definition) is 0. The van der Waals surface area contributed by atoms with Crippen LogP contribution in [0.3, 0.4) is 0 Å². The molecule has 0 saturated heterocycles. The highest BCUT2D eigenvalue weighted by Crippen LogP contribution is 2.37. The van der Waals surface area contributed by atoms with Gasteiger partial charge in [0.1, 0.15) is 0 Å². The quantitative estimate of drug-likeness (QED) is 0.751. The summed E-state index contributed by atoms with van der Waals surface area (Å²) >= 11 is 6.33. The van der Waals surface area contributed by atoms with E-state index < -0.39 is 0 Å². The molecule has 1 aliphatic rings. The Morgan fingerprint density at radius 3 is 2.70 bits per heavy atom. The molecule has 0 atom stereocenters. The number of nitrogens with zero attached hydrogens (tertiary/aromatic N) is 1. The summed E-state index contributed by atoms with van der Waals surface area (Å²) in [6.07, 6.45) is 3.47. The standard InChI is InChI=1S/C17H18ClNO/c1-11-4-5-13(18)14(8-11)19-7-6-12-15(19)9-17(2,3)10-16(12)20/h4-8H,9-10H2,1-3H3. The molecular formula is C17H18ClNO. The molecule has 0 N–H and O–H groups in total. The van der Waals surface area contributed by atoms with E-state index in [9.17, 15) is 4.79 Å². The van der Waals surface area contributed by atoms with Crippen LogP contribution < -0.4 is 0 Å². The average molecular weight is 288 g/mol. The lowest BCUT2D eigenvalue weighted by Gasteiger charge is -2.29. The van der Waals surface area contributed by atoms with E-state index in [2.05, 4.69) is 24.5 Å². The fourth-order valence-corrected chi connectivity index (χ4v) is 3.19. The van der Waals surface area contributed by atoms with Gasteiger partial charge in [0.2, 0.25) is 0 Å². The number of fused-ring (bicyclic) bond motifs is 1. The highest BCUT2D eigenvalue weighted by atomic mass is 35.5. The Bertz CT molecular complexity index is 697. The minimum absolute atomic E-state index is 0.0104. The summed E-state index contributed by atoms with van der Waals surface area (Å²) in [5.41, 5.74) is 4.06. The van der Waals surface area contributed by atoms with Crippen LogP contribution in [0.5, 0.6) is 0 Å². The molecule has 0 unspecified atom stereocenters. The first kappa shape index (κ1) is 13.4. The third-order valence-corrected chi connectivity index (χ3v) is 4.26. The van der Waals surface area contributed by atoms with E-state index in [1.54, 1.807) is 0 Å². The van der Waals surface area contributed by atoms with Crippen molar-refractivity contribution in [3.63, 3.8) is 0 Å². The summed E-state index contributed by atoms with van der Waals surface area (Å²) in [5, 5.41) is 0.713. The molecular weight excluding hydrogens is 270 g/mol. The molecule has 2 aromatic rings. The van der Waals surface area contributed by atoms with Gasteiger partial charge in [0.05, 0.1) is 10.7 Å². The van der Waals surface area contributed by atoms with Crippen LogP contribution in [0.4, 0.5) is 0 Å². The van der Waals surface area contributed by atoms with Crippen molar-refractivity contribution in [2.45, 2.75) is 33.6 Å². The van der Waals surface area contributed by atoms with Crippen LogP contribution in [0.2, 0.25) is 5.02 Å². The Morgan fingerprint density at radius 2 is 1.95 bits per heavy atom. The van der Waals surface area contributed by atoms with Crippen LogP contribution in [-0.4, -0.2) is 10.4 Å². The fourth-order valence-electron chi connectivity index (χ4n) is 2.98. The second-order valence-electron chi connectivity index (χ2n) is 6.44. The number of rotatable bonds is 1. The van der Waals surface area contributed by atoms with Gasteiger partial charge in [0.25, 0.3) is 0 Å². The van der Waals surface area contributed by atoms with Crippen molar-refractivity contribution in [1.29, 1.82) is 0 Å². The summed E-state index contributed by atoms with van der Waals surface area (Å²) in [6.45, 7) is 6.33. The Labute approximate surface area is 124 Å². The van der Waals surface area contributed by atoms with Crippen LogP contribution in [0.1, 0.15) is 41.9 Å². The molecule has 3 rings (SSSR count). The number of halogens is 1. The highest BCUT2D eigenvalue weighted by molar-refractivity contribution is 6.32. The molecule has 20 heavy (non-hydrogen) atoms. The van der Waals surface area contributed by atoms with Gasteiger partial charge in [-0.2, -0.15) is 0 Å². The van der Waals surface area contributed by atoms with Gasteiger partial charge in [-0.3, -0.25) is 4.79 Å². The molecule has 0 aliphatic heterocycles. The second-order valence-corrected chi connectivity index (χ2v) is 6.85. The average Bonchev–Trinajstić information content (AvgIpc) is 2.74. The summed E-state index contributed by atoms with van der Waals surface area (Å²) in [7, 11) is 0. The first-order chi connectivity index (χ1) is 9.37. The van der Waals surface area contributed by atoms with Crippen LogP contribution in [0.25, 0.3) is 5.69 Å². The maximum absolute atomic E-state index is 12.3. The van der Waals surface area contributed by atoms with Crippen LogP contribution in [0, 0.1) is 12.3 Å². The highest BCUT2D eigenvalue weighted by Gasteiger charge is 2.33. The lowest BCUT2D eigenvalue weighted by molar-refractivity contribution is 0.0911.